The molecule has 2 aromatic rings. The van der Waals surface area contributed by atoms with Gasteiger partial charge in [-0.15, -0.1) is 0 Å². The van der Waals surface area contributed by atoms with Gasteiger partial charge in [0.15, 0.2) is 0 Å². The summed E-state index contributed by atoms with van der Waals surface area (Å²) in [5.41, 5.74) is 5.78. The second kappa shape index (κ2) is 7.85. The predicted octanol–water partition coefficient (Wildman–Crippen LogP) is 2.94. The molecule has 0 aliphatic rings. The maximum absolute atomic E-state index is 12.0. The molecule has 0 aliphatic heterocycles. The average Bonchev–Trinajstić information content (AvgIpc) is 2.58. The topological polar surface area (TPSA) is 116 Å². The number of nitrogens with zero attached hydrogens (tertiary/aromatic N) is 2. The zero-order chi connectivity index (χ0) is 17.5. The van der Waals surface area contributed by atoms with E-state index >= 15 is 0 Å². The van der Waals surface area contributed by atoms with Gasteiger partial charge in [0, 0.05) is 11.1 Å². The molecule has 24 heavy (non-hydrogen) atoms. The molecule has 6 nitrogen and oxygen atoms in total. The Balaban J connectivity index is 2.59. The zero-order valence-corrected chi connectivity index (χ0v) is 13.4. The Hall–Kier alpha value is -3.25. The van der Waals surface area contributed by atoms with Crippen LogP contribution in [0.5, 0.6) is 5.75 Å². The van der Waals surface area contributed by atoms with Gasteiger partial charge in [-0.3, -0.25) is 4.79 Å². The quantitative estimate of drug-likeness (QED) is 0.793. The first kappa shape index (κ1) is 17.1. The Kier molecular flexibility index (Phi) is 5.59. The molecule has 0 spiro atoms. The number of para-hydroxylation sites is 1. The lowest BCUT2D eigenvalue weighted by molar-refractivity contribution is 0.307. The number of nitrogens with two attached hydrogens (primary N) is 1. The Morgan fingerprint density at radius 1 is 1.17 bits per heavy atom. The van der Waals surface area contributed by atoms with E-state index in [1.54, 1.807) is 24.3 Å². The van der Waals surface area contributed by atoms with E-state index in [0.29, 0.717) is 17.9 Å². The fourth-order valence-corrected chi connectivity index (χ4v) is 2.45. The second-order valence-corrected chi connectivity index (χ2v) is 5.27. The van der Waals surface area contributed by atoms with Crippen LogP contribution in [0.1, 0.15) is 37.3 Å². The van der Waals surface area contributed by atoms with Gasteiger partial charge in [0.05, 0.1) is 6.61 Å². The minimum absolute atomic E-state index is 0.0581. The SMILES string of the molecule is CCCCCOc1ccccc1-c1c(C#N)c(N)[nH]c(=O)c1C#N. The van der Waals surface area contributed by atoms with Crippen LogP contribution >= 0.6 is 0 Å². The number of nitriles is 2. The third-order valence-electron chi connectivity index (χ3n) is 3.63. The van der Waals surface area contributed by atoms with E-state index in [0.717, 1.165) is 19.3 Å². The highest BCUT2D eigenvalue weighted by atomic mass is 16.5. The smallest absolute Gasteiger partial charge is 0.268 e. The van der Waals surface area contributed by atoms with E-state index < -0.39 is 5.56 Å². The number of hydrogen-bond donors (Lipinski definition) is 2. The number of nitrogens with one attached hydrogen (secondary N) is 1. The molecular weight excluding hydrogens is 304 g/mol. The molecule has 0 radical (unpaired) electrons. The second-order valence-electron chi connectivity index (χ2n) is 5.27. The van der Waals surface area contributed by atoms with Gasteiger partial charge in [0.25, 0.3) is 5.56 Å². The third kappa shape index (κ3) is 3.39. The summed E-state index contributed by atoms with van der Waals surface area (Å²) >= 11 is 0. The molecular formula is C18H18N4O2. The average molecular weight is 322 g/mol. The number of nitrogen functional groups attached to an aromatic ring is 1. The summed E-state index contributed by atoms with van der Waals surface area (Å²) in [4.78, 5) is 14.4. The van der Waals surface area contributed by atoms with E-state index in [1.807, 2.05) is 12.1 Å². The van der Waals surface area contributed by atoms with Crippen molar-refractivity contribution >= 4 is 5.82 Å². The number of aromatic amines is 1. The molecule has 0 bridgehead atoms. The molecule has 0 saturated heterocycles. The van der Waals surface area contributed by atoms with Crippen molar-refractivity contribution in [3.63, 3.8) is 0 Å². The van der Waals surface area contributed by atoms with Crippen LogP contribution in [0.15, 0.2) is 29.1 Å². The first-order valence-corrected chi connectivity index (χ1v) is 7.72. The summed E-state index contributed by atoms with van der Waals surface area (Å²) in [5.74, 6) is 0.462. The van der Waals surface area contributed by atoms with Crippen molar-refractivity contribution in [2.75, 3.05) is 12.3 Å². The highest BCUT2D eigenvalue weighted by Gasteiger charge is 2.20. The number of pyridine rings is 1. The van der Waals surface area contributed by atoms with Crippen molar-refractivity contribution in [1.29, 1.82) is 10.5 Å². The fraction of sp³-hybridized carbons (Fsp3) is 0.278. The van der Waals surface area contributed by atoms with Gasteiger partial charge in [-0.2, -0.15) is 10.5 Å². The number of H-pyrrole nitrogens is 1. The summed E-state index contributed by atoms with van der Waals surface area (Å²) in [6.45, 7) is 2.62. The fourth-order valence-electron chi connectivity index (χ4n) is 2.45. The molecule has 6 heteroatoms. The van der Waals surface area contributed by atoms with Crippen LogP contribution in [0.4, 0.5) is 5.82 Å². The van der Waals surface area contributed by atoms with Crippen LogP contribution in [0.25, 0.3) is 11.1 Å². The monoisotopic (exact) mass is 322 g/mol. The Bertz CT molecular complexity index is 872. The van der Waals surface area contributed by atoms with Crippen LogP contribution < -0.4 is 16.0 Å². The molecule has 0 saturated carbocycles. The number of anilines is 1. The zero-order valence-electron chi connectivity index (χ0n) is 13.4. The molecule has 0 unspecified atom stereocenters. The molecule has 0 amide bonds. The summed E-state index contributed by atoms with van der Waals surface area (Å²) < 4.78 is 5.80. The standard InChI is InChI=1S/C18H18N4O2/c1-2-3-6-9-24-15-8-5-4-7-12(15)16-13(10-19)17(21)22-18(23)14(16)11-20/h4-5,7-8H,2-3,6,9H2,1H3,(H3,21,22,23). The summed E-state index contributed by atoms with van der Waals surface area (Å²) in [5, 5.41) is 18.8. The number of benzene rings is 1. The number of hydrogen-bond acceptors (Lipinski definition) is 5. The van der Waals surface area contributed by atoms with E-state index in [4.69, 9.17) is 10.5 Å². The molecule has 122 valence electrons. The van der Waals surface area contributed by atoms with Crippen LogP contribution in [0.3, 0.4) is 0 Å². The van der Waals surface area contributed by atoms with Crippen LogP contribution in [-0.4, -0.2) is 11.6 Å². The molecule has 1 aromatic carbocycles. The van der Waals surface area contributed by atoms with Gasteiger partial charge < -0.3 is 15.5 Å². The Morgan fingerprint density at radius 2 is 1.88 bits per heavy atom. The molecule has 0 fully saturated rings. The molecule has 3 N–H and O–H groups in total. The number of aromatic nitrogens is 1. The summed E-state index contributed by atoms with van der Waals surface area (Å²) in [7, 11) is 0. The molecule has 1 heterocycles. The van der Waals surface area contributed by atoms with Gasteiger partial charge in [0.1, 0.15) is 34.8 Å². The van der Waals surface area contributed by atoms with E-state index in [-0.39, 0.29) is 22.5 Å². The van der Waals surface area contributed by atoms with Crippen molar-refractivity contribution in [3.8, 4) is 29.0 Å². The van der Waals surface area contributed by atoms with Crippen LogP contribution in [0.2, 0.25) is 0 Å². The maximum atomic E-state index is 12.0. The summed E-state index contributed by atoms with van der Waals surface area (Å²) in [6.07, 6.45) is 3.03. The van der Waals surface area contributed by atoms with E-state index in [1.165, 1.54) is 0 Å². The maximum Gasteiger partial charge on any atom is 0.268 e. The first-order valence-electron chi connectivity index (χ1n) is 7.72. The molecule has 2 rings (SSSR count). The minimum atomic E-state index is -0.621. The molecule has 0 aliphatic carbocycles. The Labute approximate surface area is 140 Å². The van der Waals surface area contributed by atoms with Crippen LogP contribution in [-0.2, 0) is 0 Å². The predicted molar refractivity (Wildman–Crippen MR) is 91.4 cm³/mol. The molecule has 0 atom stereocenters. The van der Waals surface area contributed by atoms with Crippen molar-refractivity contribution < 1.29 is 4.74 Å². The van der Waals surface area contributed by atoms with Gasteiger partial charge in [-0.1, -0.05) is 38.0 Å². The van der Waals surface area contributed by atoms with Crippen molar-refractivity contribution in [2.24, 2.45) is 0 Å². The number of ether oxygens (including phenoxy) is 1. The molecule has 1 aromatic heterocycles. The lowest BCUT2D eigenvalue weighted by Gasteiger charge is -2.14. The minimum Gasteiger partial charge on any atom is -0.493 e. The van der Waals surface area contributed by atoms with Crippen LogP contribution in [0, 0.1) is 22.7 Å². The summed E-state index contributed by atoms with van der Waals surface area (Å²) in [6, 6.07) is 10.8. The largest absolute Gasteiger partial charge is 0.493 e. The van der Waals surface area contributed by atoms with Crippen molar-refractivity contribution in [1.82, 2.24) is 4.98 Å². The van der Waals surface area contributed by atoms with Crippen molar-refractivity contribution in [3.05, 3.63) is 45.7 Å². The lowest BCUT2D eigenvalue weighted by Crippen LogP contribution is -2.16. The first-order chi connectivity index (χ1) is 11.6. The van der Waals surface area contributed by atoms with Crippen molar-refractivity contribution in [2.45, 2.75) is 26.2 Å². The number of unbranched alkanes of at least 4 members (excludes halogenated alkanes) is 2. The van der Waals surface area contributed by atoms with E-state index in [9.17, 15) is 15.3 Å². The van der Waals surface area contributed by atoms with Gasteiger partial charge in [-0.25, -0.2) is 0 Å². The normalized spacial score (nSPS) is 9.96. The van der Waals surface area contributed by atoms with Gasteiger partial charge >= 0.3 is 0 Å². The van der Waals surface area contributed by atoms with E-state index in [2.05, 4.69) is 11.9 Å². The Morgan fingerprint density at radius 3 is 2.54 bits per heavy atom. The lowest BCUT2D eigenvalue weighted by atomic mass is 9.96. The highest BCUT2D eigenvalue weighted by molar-refractivity contribution is 5.83. The van der Waals surface area contributed by atoms with Gasteiger partial charge in [0.2, 0.25) is 0 Å². The number of rotatable bonds is 6. The third-order valence-corrected chi connectivity index (χ3v) is 3.63. The highest BCUT2D eigenvalue weighted by Crippen LogP contribution is 2.35. The van der Waals surface area contributed by atoms with Gasteiger partial charge in [-0.05, 0) is 12.5 Å².